The molecule has 2 aromatic carbocycles. The first-order valence-corrected chi connectivity index (χ1v) is 11.3. The van der Waals surface area contributed by atoms with E-state index in [2.05, 4.69) is 10.2 Å². The van der Waals surface area contributed by atoms with Crippen molar-refractivity contribution in [3.05, 3.63) is 59.1 Å². The fraction of sp³-hybridized carbons (Fsp3) is 0.375. The zero-order valence-corrected chi connectivity index (χ0v) is 19.3. The van der Waals surface area contributed by atoms with Crippen molar-refractivity contribution in [2.75, 3.05) is 51.3 Å². The third-order valence-corrected chi connectivity index (χ3v) is 6.37. The molecule has 1 N–H and O–H groups in total. The summed E-state index contributed by atoms with van der Waals surface area (Å²) in [5.74, 6) is 0.105. The van der Waals surface area contributed by atoms with Gasteiger partial charge in [-0.2, -0.15) is 0 Å². The number of methoxy groups -OCH3 is 1. The number of benzene rings is 2. The SMILES string of the molecule is COc1ccc(N2CCN(C(=O)CC3C(=O)NCCN3C(=O)c3ccc(Cl)cc3)CC2)cc1. The van der Waals surface area contributed by atoms with Crippen LogP contribution in [0, 0.1) is 0 Å². The van der Waals surface area contributed by atoms with Crippen LogP contribution in [0.2, 0.25) is 5.02 Å². The maximum atomic E-state index is 13.0. The largest absolute Gasteiger partial charge is 0.497 e. The van der Waals surface area contributed by atoms with E-state index in [9.17, 15) is 14.4 Å². The topological polar surface area (TPSA) is 82.2 Å². The average Bonchev–Trinajstić information content (AvgIpc) is 2.85. The summed E-state index contributed by atoms with van der Waals surface area (Å²) in [5, 5.41) is 3.31. The van der Waals surface area contributed by atoms with E-state index in [1.807, 2.05) is 24.3 Å². The first kappa shape index (κ1) is 22.9. The Morgan fingerprint density at radius 3 is 2.30 bits per heavy atom. The van der Waals surface area contributed by atoms with Crippen molar-refractivity contribution in [3.8, 4) is 5.75 Å². The van der Waals surface area contributed by atoms with Crippen molar-refractivity contribution in [3.63, 3.8) is 0 Å². The van der Waals surface area contributed by atoms with Crippen molar-refractivity contribution in [2.24, 2.45) is 0 Å². The third kappa shape index (κ3) is 5.22. The summed E-state index contributed by atoms with van der Waals surface area (Å²) in [5.41, 5.74) is 1.52. The van der Waals surface area contributed by atoms with Gasteiger partial charge in [-0.1, -0.05) is 11.6 Å². The number of carbonyl (C=O) groups is 3. The van der Waals surface area contributed by atoms with Crippen LogP contribution in [0.15, 0.2) is 48.5 Å². The number of halogens is 1. The van der Waals surface area contributed by atoms with E-state index in [0.29, 0.717) is 49.9 Å². The number of carbonyl (C=O) groups excluding carboxylic acids is 3. The van der Waals surface area contributed by atoms with Crippen LogP contribution in [-0.4, -0.2) is 79.9 Å². The highest BCUT2D eigenvalue weighted by atomic mass is 35.5. The number of rotatable bonds is 5. The van der Waals surface area contributed by atoms with Crippen LogP contribution in [0.25, 0.3) is 0 Å². The lowest BCUT2D eigenvalue weighted by Crippen LogP contribution is -2.59. The van der Waals surface area contributed by atoms with E-state index in [1.54, 1.807) is 36.3 Å². The van der Waals surface area contributed by atoms with Crippen LogP contribution >= 0.6 is 11.6 Å². The van der Waals surface area contributed by atoms with Gasteiger partial charge in [-0.15, -0.1) is 0 Å². The monoisotopic (exact) mass is 470 g/mol. The number of hydrogen-bond donors (Lipinski definition) is 1. The normalized spacial score (nSPS) is 18.7. The minimum atomic E-state index is -0.825. The molecule has 2 aromatic rings. The van der Waals surface area contributed by atoms with Crippen molar-refractivity contribution in [1.29, 1.82) is 0 Å². The smallest absolute Gasteiger partial charge is 0.254 e. The lowest BCUT2D eigenvalue weighted by molar-refractivity contribution is -0.138. The zero-order valence-electron chi connectivity index (χ0n) is 18.5. The quantitative estimate of drug-likeness (QED) is 0.723. The van der Waals surface area contributed by atoms with Crippen LogP contribution in [0.5, 0.6) is 5.75 Å². The molecule has 1 atom stereocenters. The number of amides is 3. The zero-order chi connectivity index (χ0) is 23.4. The molecule has 0 aliphatic carbocycles. The highest BCUT2D eigenvalue weighted by molar-refractivity contribution is 6.30. The van der Waals surface area contributed by atoms with Gasteiger partial charge in [0.15, 0.2) is 0 Å². The van der Waals surface area contributed by atoms with E-state index < -0.39 is 6.04 Å². The molecule has 0 spiro atoms. The van der Waals surface area contributed by atoms with E-state index in [4.69, 9.17) is 16.3 Å². The molecule has 2 aliphatic heterocycles. The number of hydrogen-bond acceptors (Lipinski definition) is 5. The van der Waals surface area contributed by atoms with Gasteiger partial charge in [0.25, 0.3) is 5.91 Å². The number of piperazine rings is 2. The van der Waals surface area contributed by atoms with Crippen molar-refractivity contribution < 1.29 is 19.1 Å². The number of ether oxygens (including phenoxy) is 1. The predicted molar refractivity (Wildman–Crippen MR) is 126 cm³/mol. The van der Waals surface area contributed by atoms with E-state index in [-0.39, 0.29) is 24.1 Å². The van der Waals surface area contributed by atoms with E-state index in [0.717, 1.165) is 11.4 Å². The van der Waals surface area contributed by atoms with Gasteiger partial charge in [0.1, 0.15) is 11.8 Å². The highest BCUT2D eigenvalue weighted by Crippen LogP contribution is 2.22. The Morgan fingerprint density at radius 2 is 1.67 bits per heavy atom. The summed E-state index contributed by atoms with van der Waals surface area (Å²) in [7, 11) is 1.64. The van der Waals surface area contributed by atoms with Gasteiger partial charge >= 0.3 is 0 Å². The Hall–Kier alpha value is -3.26. The van der Waals surface area contributed by atoms with Crippen LogP contribution in [-0.2, 0) is 9.59 Å². The lowest BCUT2D eigenvalue weighted by atomic mass is 10.1. The maximum Gasteiger partial charge on any atom is 0.254 e. The molecule has 4 rings (SSSR count). The molecule has 0 aromatic heterocycles. The van der Waals surface area contributed by atoms with Gasteiger partial charge in [0.2, 0.25) is 11.8 Å². The predicted octanol–water partition coefficient (Wildman–Crippen LogP) is 2.03. The van der Waals surface area contributed by atoms with Crippen LogP contribution in [0.3, 0.4) is 0 Å². The van der Waals surface area contributed by atoms with Gasteiger partial charge < -0.3 is 24.8 Å². The van der Waals surface area contributed by atoms with Crippen molar-refractivity contribution >= 4 is 35.0 Å². The molecule has 2 saturated heterocycles. The maximum absolute atomic E-state index is 13.0. The highest BCUT2D eigenvalue weighted by Gasteiger charge is 2.36. The molecule has 174 valence electrons. The molecule has 2 fully saturated rings. The van der Waals surface area contributed by atoms with E-state index >= 15 is 0 Å². The second-order valence-electron chi connectivity index (χ2n) is 8.08. The number of nitrogens with one attached hydrogen (secondary N) is 1. The van der Waals surface area contributed by atoms with Gasteiger partial charge in [-0.05, 0) is 48.5 Å². The molecule has 1 unspecified atom stereocenters. The molecule has 0 saturated carbocycles. The summed E-state index contributed by atoms with van der Waals surface area (Å²) in [6.07, 6.45) is -0.0340. The third-order valence-electron chi connectivity index (χ3n) is 6.12. The Morgan fingerprint density at radius 1 is 1.00 bits per heavy atom. The average molecular weight is 471 g/mol. The molecule has 2 aliphatic rings. The van der Waals surface area contributed by atoms with Gasteiger partial charge in [-0.25, -0.2) is 0 Å². The molecular weight excluding hydrogens is 444 g/mol. The molecule has 2 heterocycles. The summed E-state index contributed by atoms with van der Waals surface area (Å²) in [6.45, 7) is 3.24. The minimum absolute atomic E-state index is 0.0340. The summed E-state index contributed by atoms with van der Waals surface area (Å²) in [4.78, 5) is 44.1. The van der Waals surface area contributed by atoms with Gasteiger partial charge in [-0.3, -0.25) is 14.4 Å². The standard InChI is InChI=1S/C24H27ClN4O4/c1-33-20-8-6-19(7-9-20)27-12-14-28(15-13-27)22(30)16-21-23(31)26-10-11-29(21)24(32)17-2-4-18(25)5-3-17/h2-9,21H,10-16H2,1H3,(H,26,31). The summed E-state index contributed by atoms with van der Waals surface area (Å²) in [6, 6.07) is 13.6. The summed E-state index contributed by atoms with van der Waals surface area (Å²) >= 11 is 5.92. The Kier molecular flexibility index (Phi) is 7.03. The Bertz CT molecular complexity index is 1000. The first-order chi connectivity index (χ1) is 16.0. The molecule has 33 heavy (non-hydrogen) atoms. The molecule has 0 bridgehead atoms. The Labute approximate surface area is 198 Å². The fourth-order valence-corrected chi connectivity index (χ4v) is 4.35. The minimum Gasteiger partial charge on any atom is -0.497 e. The van der Waals surface area contributed by atoms with Crippen molar-refractivity contribution in [1.82, 2.24) is 15.1 Å². The van der Waals surface area contributed by atoms with Crippen molar-refractivity contribution in [2.45, 2.75) is 12.5 Å². The molecule has 0 radical (unpaired) electrons. The number of anilines is 1. The lowest BCUT2D eigenvalue weighted by Gasteiger charge is -2.39. The van der Waals surface area contributed by atoms with Crippen LogP contribution in [0.4, 0.5) is 5.69 Å². The van der Waals surface area contributed by atoms with Gasteiger partial charge in [0.05, 0.1) is 13.5 Å². The second kappa shape index (κ2) is 10.1. The first-order valence-electron chi connectivity index (χ1n) is 11.0. The van der Waals surface area contributed by atoms with Crippen LogP contribution < -0.4 is 15.0 Å². The molecule has 9 heteroatoms. The molecule has 8 nitrogen and oxygen atoms in total. The molecular formula is C24H27ClN4O4. The number of nitrogens with zero attached hydrogens (tertiary/aromatic N) is 3. The van der Waals surface area contributed by atoms with Crippen LogP contribution in [0.1, 0.15) is 16.8 Å². The molecule has 3 amide bonds. The van der Waals surface area contributed by atoms with E-state index in [1.165, 1.54) is 4.90 Å². The summed E-state index contributed by atoms with van der Waals surface area (Å²) < 4.78 is 5.21. The van der Waals surface area contributed by atoms with Gasteiger partial charge in [0, 0.05) is 55.5 Å². The Balaban J connectivity index is 1.38. The fourth-order valence-electron chi connectivity index (χ4n) is 4.22. The second-order valence-corrected chi connectivity index (χ2v) is 8.52.